The Bertz CT molecular complexity index is 1130. The van der Waals surface area contributed by atoms with Crippen LogP contribution >= 0.6 is 11.6 Å². The maximum atomic E-state index is 13.2. The average molecular weight is 430 g/mol. The highest BCUT2D eigenvalue weighted by atomic mass is 35.5. The van der Waals surface area contributed by atoms with Crippen molar-refractivity contribution >= 4 is 35.0 Å². The molecule has 4 N–H and O–H groups in total. The number of aromatic nitrogens is 2. The highest BCUT2D eigenvalue weighted by Crippen LogP contribution is 2.21. The van der Waals surface area contributed by atoms with E-state index in [0.717, 1.165) is 12.1 Å². The molecule has 0 spiro atoms. The fraction of sp³-hybridized carbons (Fsp3) is 0.100. The van der Waals surface area contributed by atoms with E-state index >= 15 is 0 Å². The van der Waals surface area contributed by atoms with E-state index in [0.29, 0.717) is 17.9 Å². The Morgan fingerprint density at radius 1 is 1.13 bits per heavy atom. The van der Waals surface area contributed by atoms with Crippen LogP contribution in [0.4, 0.5) is 10.1 Å². The number of primary amides is 1. The van der Waals surface area contributed by atoms with Crippen molar-refractivity contribution in [3.63, 3.8) is 0 Å². The Morgan fingerprint density at radius 3 is 2.43 bits per heavy atom. The van der Waals surface area contributed by atoms with E-state index in [1.165, 1.54) is 17.0 Å². The van der Waals surface area contributed by atoms with Crippen molar-refractivity contribution in [3.8, 4) is 5.69 Å². The van der Waals surface area contributed by atoms with Crippen LogP contribution in [0.2, 0.25) is 5.02 Å². The summed E-state index contributed by atoms with van der Waals surface area (Å²) in [6.45, 7) is 2.10. The van der Waals surface area contributed by atoms with Crippen molar-refractivity contribution < 1.29 is 18.8 Å². The Labute approximate surface area is 175 Å². The molecule has 154 valence electrons. The number of anilines is 1. The second-order valence-electron chi connectivity index (χ2n) is 6.16. The van der Waals surface area contributed by atoms with Crippen molar-refractivity contribution in [2.45, 2.75) is 6.92 Å². The predicted molar refractivity (Wildman–Crippen MR) is 109 cm³/mol. The Morgan fingerprint density at radius 2 is 1.83 bits per heavy atom. The number of carbonyl (C=O) groups is 3. The summed E-state index contributed by atoms with van der Waals surface area (Å²) in [6, 6.07) is 9.91. The van der Waals surface area contributed by atoms with Gasteiger partial charge in [0, 0.05) is 17.9 Å². The molecule has 0 atom stereocenters. The quantitative estimate of drug-likeness (QED) is 0.558. The summed E-state index contributed by atoms with van der Waals surface area (Å²) < 4.78 is 14.6. The fourth-order valence-electron chi connectivity index (χ4n) is 2.76. The second kappa shape index (κ2) is 8.75. The summed E-state index contributed by atoms with van der Waals surface area (Å²) in [7, 11) is 0. The third kappa shape index (κ3) is 4.31. The van der Waals surface area contributed by atoms with Gasteiger partial charge in [0.25, 0.3) is 17.7 Å². The maximum Gasteiger partial charge on any atom is 0.270 e. The van der Waals surface area contributed by atoms with Gasteiger partial charge < -0.3 is 16.4 Å². The number of nitrogens with two attached hydrogens (primary N) is 1. The smallest absolute Gasteiger partial charge is 0.270 e. The number of imidazole rings is 1. The highest BCUT2D eigenvalue weighted by molar-refractivity contribution is 6.34. The normalized spacial score (nSPS) is 10.5. The van der Waals surface area contributed by atoms with Gasteiger partial charge in [-0.05, 0) is 49.4 Å². The number of nitrogens with one attached hydrogen (secondary N) is 2. The van der Waals surface area contributed by atoms with Crippen LogP contribution in [0.15, 0.2) is 48.8 Å². The SMILES string of the molecule is CCNC(=O)c1c(C(N)=O)ncn1-c1ccc(NC(=O)c2ccc(F)cc2Cl)cc1. The third-order valence-corrected chi connectivity index (χ3v) is 4.45. The number of amides is 3. The summed E-state index contributed by atoms with van der Waals surface area (Å²) >= 11 is 5.91. The number of carbonyl (C=O) groups excluding carboxylic acids is 3. The molecule has 0 unspecified atom stereocenters. The molecule has 3 rings (SSSR count). The minimum Gasteiger partial charge on any atom is -0.364 e. The number of benzene rings is 2. The molecule has 0 bridgehead atoms. The van der Waals surface area contributed by atoms with Gasteiger partial charge in [0.2, 0.25) is 0 Å². The van der Waals surface area contributed by atoms with Crippen LogP contribution in [0.3, 0.4) is 0 Å². The van der Waals surface area contributed by atoms with Gasteiger partial charge in [0.05, 0.1) is 10.6 Å². The lowest BCUT2D eigenvalue weighted by Gasteiger charge is -2.11. The summed E-state index contributed by atoms with van der Waals surface area (Å²) in [4.78, 5) is 40.3. The molecule has 0 radical (unpaired) electrons. The summed E-state index contributed by atoms with van der Waals surface area (Å²) in [6.07, 6.45) is 1.32. The van der Waals surface area contributed by atoms with Crippen molar-refractivity contribution in [2.24, 2.45) is 5.73 Å². The molecule has 0 aliphatic heterocycles. The fourth-order valence-corrected chi connectivity index (χ4v) is 3.02. The molecule has 8 nitrogen and oxygen atoms in total. The number of hydrogen-bond acceptors (Lipinski definition) is 4. The standard InChI is InChI=1S/C20H17ClFN5O3/c1-2-24-20(30)17-16(18(23)28)25-10-27(17)13-6-4-12(5-7-13)26-19(29)14-8-3-11(22)9-15(14)21/h3-10H,2H2,1H3,(H2,23,28)(H,24,30)(H,26,29). The first-order chi connectivity index (χ1) is 14.3. The van der Waals surface area contributed by atoms with E-state index in [9.17, 15) is 18.8 Å². The molecule has 10 heteroatoms. The highest BCUT2D eigenvalue weighted by Gasteiger charge is 2.22. The molecule has 3 amide bonds. The zero-order chi connectivity index (χ0) is 21.8. The van der Waals surface area contributed by atoms with E-state index in [4.69, 9.17) is 17.3 Å². The lowest BCUT2D eigenvalue weighted by atomic mass is 10.2. The topological polar surface area (TPSA) is 119 Å². The first-order valence-electron chi connectivity index (χ1n) is 8.84. The van der Waals surface area contributed by atoms with Gasteiger partial charge in [0.1, 0.15) is 17.8 Å². The van der Waals surface area contributed by atoms with Crippen molar-refractivity contribution in [2.75, 3.05) is 11.9 Å². The van der Waals surface area contributed by atoms with Gasteiger partial charge in [-0.25, -0.2) is 9.37 Å². The van der Waals surface area contributed by atoms with Gasteiger partial charge in [-0.3, -0.25) is 19.0 Å². The molecular formula is C20H17ClFN5O3. The third-order valence-electron chi connectivity index (χ3n) is 4.13. The Hall–Kier alpha value is -3.72. The monoisotopic (exact) mass is 429 g/mol. The molecule has 0 saturated heterocycles. The van der Waals surface area contributed by atoms with Crippen molar-refractivity contribution in [3.05, 3.63) is 76.6 Å². The van der Waals surface area contributed by atoms with Crippen molar-refractivity contribution in [1.29, 1.82) is 0 Å². The number of nitrogens with zero attached hydrogens (tertiary/aromatic N) is 2. The molecule has 30 heavy (non-hydrogen) atoms. The van der Waals surface area contributed by atoms with Crippen LogP contribution in [-0.2, 0) is 0 Å². The first kappa shape index (κ1) is 21.0. The van der Waals surface area contributed by atoms with E-state index in [1.54, 1.807) is 31.2 Å². The zero-order valence-corrected chi connectivity index (χ0v) is 16.5. The number of halogens is 2. The zero-order valence-electron chi connectivity index (χ0n) is 15.8. The van der Waals surface area contributed by atoms with Gasteiger partial charge in [0.15, 0.2) is 5.69 Å². The second-order valence-corrected chi connectivity index (χ2v) is 6.57. The van der Waals surface area contributed by atoms with E-state index < -0.39 is 23.5 Å². The van der Waals surface area contributed by atoms with Crippen LogP contribution < -0.4 is 16.4 Å². The lowest BCUT2D eigenvalue weighted by molar-refractivity contribution is 0.0930. The van der Waals surface area contributed by atoms with Gasteiger partial charge >= 0.3 is 0 Å². The summed E-state index contributed by atoms with van der Waals surface area (Å²) in [5, 5.41) is 5.26. The Balaban J connectivity index is 1.86. The molecule has 0 aliphatic rings. The van der Waals surface area contributed by atoms with Crippen LogP contribution in [0.5, 0.6) is 0 Å². The summed E-state index contributed by atoms with van der Waals surface area (Å²) in [5.74, 6) is -2.36. The minimum absolute atomic E-state index is 0.00639. The maximum absolute atomic E-state index is 13.2. The molecule has 3 aromatic rings. The van der Waals surface area contributed by atoms with Crippen molar-refractivity contribution in [1.82, 2.24) is 14.9 Å². The molecule has 0 aliphatic carbocycles. The molecule has 2 aromatic carbocycles. The lowest BCUT2D eigenvalue weighted by Crippen LogP contribution is -2.28. The molecule has 1 aromatic heterocycles. The van der Waals surface area contributed by atoms with E-state index in [2.05, 4.69) is 15.6 Å². The minimum atomic E-state index is -0.824. The predicted octanol–water partition coefficient (Wildman–Crippen LogP) is 2.77. The van der Waals surface area contributed by atoms with Crippen LogP contribution in [0.25, 0.3) is 5.69 Å². The molecule has 0 saturated carbocycles. The Kier molecular flexibility index (Phi) is 6.12. The van der Waals surface area contributed by atoms with Gasteiger partial charge in [-0.15, -0.1) is 0 Å². The van der Waals surface area contributed by atoms with Gasteiger partial charge in [-0.1, -0.05) is 11.6 Å². The van der Waals surface area contributed by atoms with Crippen LogP contribution in [0.1, 0.15) is 38.3 Å². The summed E-state index contributed by atoms with van der Waals surface area (Å²) in [5.41, 5.74) is 6.28. The molecule has 1 heterocycles. The largest absolute Gasteiger partial charge is 0.364 e. The average Bonchev–Trinajstić information content (AvgIpc) is 3.14. The van der Waals surface area contributed by atoms with E-state index in [-0.39, 0.29) is 22.0 Å². The number of hydrogen-bond donors (Lipinski definition) is 3. The first-order valence-corrected chi connectivity index (χ1v) is 9.21. The van der Waals surface area contributed by atoms with Crippen LogP contribution in [-0.4, -0.2) is 33.8 Å². The molecule has 0 fully saturated rings. The number of rotatable bonds is 6. The molecular weight excluding hydrogens is 413 g/mol. The van der Waals surface area contributed by atoms with Gasteiger partial charge in [-0.2, -0.15) is 0 Å². The van der Waals surface area contributed by atoms with Crippen LogP contribution in [0, 0.1) is 5.82 Å². The van der Waals surface area contributed by atoms with E-state index in [1.807, 2.05) is 0 Å².